The summed E-state index contributed by atoms with van der Waals surface area (Å²) in [6.45, 7) is 6.40. The number of aromatic nitrogens is 2. The molecular formula is C19H25N3O4S. The number of sulfone groups is 1. The molecule has 2 heterocycles. The van der Waals surface area contributed by atoms with Crippen LogP contribution in [-0.4, -0.2) is 53.8 Å². The number of carbonyl (C=O) groups is 1. The number of fused-ring (bicyclic) bond motifs is 1. The van der Waals surface area contributed by atoms with Gasteiger partial charge in [0.25, 0.3) is 0 Å². The normalized spacial score (nSPS) is 18.5. The van der Waals surface area contributed by atoms with Crippen molar-refractivity contribution in [1.29, 1.82) is 0 Å². The predicted molar refractivity (Wildman–Crippen MR) is 102 cm³/mol. The number of nitrogens with zero attached hydrogens (tertiary/aromatic N) is 3. The van der Waals surface area contributed by atoms with E-state index in [-0.39, 0.29) is 16.7 Å². The van der Waals surface area contributed by atoms with E-state index in [0.29, 0.717) is 24.1 Å². The Morgan fingerprint density at radius 3 is 2.67 bits per heavy atom. The minimum absolute atomic E-state index is 0.0180. The average molecular weight is 391 g/mol. The third-order valence-corrected chi connectivity index (χ3v) is 6.12. The van der Waals surface area contributed by atoms with E-state index >= 15 is 0 Å². The van der Waals surface area contributed by atoms with Gasteiger partial charge in [-0.05, 0) is 51.7 Å². The van der Waals surface area contributed by atoms with Crippen LogP contribution in [0.1, 0.15) is 33.6 Å². The Hall–Kier alpha value is -2.22. The highest BCUT2D eigenvalue weighted by Crippen LogP contribution is 2.23. The van der Waals surface area contributed by atoms with E-state index in [0.717, 1.165) is 12.8 Å². The summed E-state index contributed by atoms with van der Waals surface area (Å²) in [5.41, 5.74) is 0.638. The topological polar surface area (TPSA) is 89.5 Å². The van der Waals surface area contributed by atoms with Crippen LogP contribution < -0.4 is 0 Å². The number of ether oxygens (including phenoxy) is 1. The van der Waals surface area contributed by atoms with E-state index in [9.17, 15) is 13.2 Å². The number of likely N-dealkylation sites (tertiary alicyclic amines) is 1. The van der Waals surface area contributed by atoms with Crippen LogP contribution in [-0.2, 0) is 14.6 Å². The molecule has 0 aliphatic carbocycles. The third-order valence-electron chi connectivity index (χ3n) is 4.37. The monoisotopic (exact) mass is 391 g/mol. The number of hydrogen-bond acceptors (Lipinski definition) is 6. The van der Waals surface area contributed by atoms with Gasteiger partial charge in [-0.3, -0.25) is 4.98 Å². The second kappa shape index (κ2) is 7.42. The minimum atomic E-state index is -3.59. The van der Waals surface area contributed by atoms with Gasteiger partial charge in [-0.1, -0.05) is 12.1 Å². The lowest BCUT2D eigenvalue weighted by atomic mass is 10.0. The standard InChI is InChI=1S/C19H25N3O4S/c1-19(2,3)26-18(23)22-10-6-7-14(12-22)13-27(24,25)17-11-20-15-8-4-5-9-16(15)21-17/h4-5,8-9,11,14H,6-7,10,12-13H2,1-3H3/t14-/m1/s1. The lowest BCUT2D eigenvalue weighted by Gasteiger charge is -2.33. The highest BCUT2D eigenvalue weighted by Gasteiger charge is 2.31. The van der Waals surface area contributed by atoms with Crippen LogP contribution >= 0.6 is 0 Å². The van der Waals surface area contributed by atoms with E-state index in [1.807, 2.05) is 26.8 Å². The van der Waals surface area contributed by atoms with Crippen molar-refractivity contribution in [2.45, 2.75) is 44.2 Å². The summed E-state index contributed by atoms with van der Waals surface area (Å²) in [7, 11) is -3.59. The molecule has 146 valence electrons. The summed E-state index contributed by atoms with van der Waals surface area (Å²) in [6.07, 6.45) is 2.42. The number of amides is 1. The van der Waals surface area contributed by atoms with Gasteiger partial charge >= 0.3 is 6.09 Å². The first-order valence-corrected chi connectivity index (χ1v) is 10.7. The highest BCUT2D eigenvalue weighted by molar-refractivity contribution is 7.91. The van der Waals surface area contributed by atoms with E-state index in [4.69, 9.17) is 4.74 Å². The first-order chi connectivity index (χ1) is 12.6. The largest absolute Gasteiger partial charge is 0.444 e. The Balaban J connectivity index is 1.71. The van der Waals surface area contributed by atoms with Crippen molar-refractivity contribution < 1.29 is 17.9 Å². The predicted octanol–water partition coefficient (Wildman–Crippen LogP) is 3.05. The summed E-state index contributed by atoms with van der Waals surface area (Å²) in [4.78, 5) is 22.3. The number of piperidine rings is 1. The number of para-hydroxylation sites is 2. The van der Waals surface area contributed by atoms with Gasteiger partial charge in [0.2, 0.25) is 0 Å². The Bertz CT molecular complexity index is 937. The van der Waals surface area contributed by atoms with Crippen LogP contribution in [0.15, 0.2) is 35.5 Å². The van der Waals surface area contributed by atoms with Crippen molar-refractivity contribution >= 4 is 27.0 Å². The Labute approximate surface area is 159 Å². The van der Waals surface area contributed by atoms with E-state index in [1.54, 1.807) is 23.1 Å². The molecular weight excluding hydrogens is 366 g/mol. The fourth-order valence-electron chi connectivity index (χ4n) is 3.18. The van der Waals surface area contributed by atoms with E-state index in [2.05, 4.69) is 9.97 Å². The number of carbonyl (C=O) groups excluding carboxylic acids is 1. The Morgan fingerprint density at radius 2 is 1.96 bits per heavy atom. The Morgan fingerprint density at radius 1 is 1.26 bits per heavy atom. The van der Waals surface area contributed by atoms with Crippen LogP contribution in [0.5, 0.6) is 0 Å². The summed E-state index contributed by atoms with van der Waals surface area (Å²) in [6, 6.07) is 7.16. The molecule has 1 amide bonds. The van der Waals surface area contributed by atoms with Gasteiger partial charge in [-0.2, -0.15) is 0 Å². The SMILES string of the molecule is CC(C)(C)OC(=O)N1CCC[C@@H](CS(=O)(=O)c2cnc3ccccc3n2)C1. The first kappa shape index (κ1) is 19.5. The zero-order valence-corrected chi connectivity index (χ0v) is 16.7. The first-order valence-electron chi connectivity index (χ1n) is 9.06. The van der Waals surface area contributed by atoms with Crippen LogP contribution in [0.2, 0.25) is 0 Å². The molecule has 27 heavy (non-hydrogen) atoms. The number of rotatable bonds is 3. The van der Waals surface area contributed by atoms with Crippen LogP contribution in [0, 0.1) is 5.92 Å². The smallest absolute Gasteiger partial charge is 0.410 e. The molecule has 1 aromatic heterocycles. The van der Waals surface area contributed by atoms with Crippen LogP contribution in [0.4, 0.5) is 4.79 Å². The van der Waals surface area contributed by atoms with E-state index in [1.165, 1.54) is 6.20 Å². The molecule has 1 saturated heterocycles. The van der Waals surface area contributed by atoms with Crippen molar-refractivity contribution in [3.05, 3.63) is 30.5 Å². The van der Waals surface area contributed by atoms with Gasteiger partial charge in [-0.15, -0.1) is 0 Å². The number of hydrogen-bond donors (Lipinski definition) is 0. The van der Waals surface area contributed by atoms with Crippen molar-refractivity contribution in [3.8, 4) is 0 Å². The van der Waals surface area contributed by atoms with Gasteiger partial charge in [0, 0.05) is 13.1 Å². The maximum atomic E-state index is 12.8. The molecule has 0 saturated carbocycles. The molecule has 0 spiro atoms. The second-order valence-electron chi connectivity index (χ2n) is 7.91. The minimum Gasteiger partial charge on any atom is -0.444 e. The molecule has 2 aromatic rings. The lowest BCUT2D eigenvalue weighted by molar-refractivity contribution is 0.0176. The molecule has 1 aliphatic heterocycles. The summed E-state index contributed by atoms with van der Waals surface area (Å²) in [5.74, 6) is -0.205. The van der Waals surface area contributed by atoms with Crippen molar-refractivity contribution in [3.63, 3.8) is 0 Å². The fraction of sp³-hybridized carbons (Fsp3) is 0.526. The molecule has 7 nitrogen and oxygen atoms in total. The molecule has 0 radical (unpaired) electrons. The molecule has 0 unspecified atom stereocenters. The van der Waals surface area contributed by atoms with Gasteiger partial charge < -0.3 is 9.64 Å². The summed E-state index contributed by atoms with van der Waals surface area (Å²) < 4.78 is 31.0. The summed E-state index contributed by atoms with van der Waals surface area (Å²) in [5, 5.41) is -0.0180. The molecule has 1 aliphatic rings. The van der Waals surface area contributed by atoms with Crippen LogP contribution in [0.3, 0.4) is 0 Å². The third kappa shape index (κ3) is 4.94. The molecule has 3 rings (SSSR count). The van der Waals surface area contributed by atoms with E-state index < -0.39 is 21.5 Å². The maximum absolute atomic E-state index is 12.8. The van der Waals surface area contributed by atoms with Crippen molar-refractivity contribution in [1.82, 2.24) is 14.9 Å². The zero-order valence-electron chi connectivity index (χ0n) is 15.9. The zero-order chi connectivity index (χ0) is 19.7. The van der Waals surface area contributed by atoms with Crippen molar-refractivity contribution in [2.24, 2.45) is 5.92 Å². The van der Waals surface area contributed by atoms with Gasteiger partial charge in [-0.25, -0.2) is 18.2 Å². The Kier molecular flexibility index (Phi) is 5.37. The van der Waals surface area contributed by atoms with Gasteiger partial charge in [0.05, 0.1) is 23.0 Å². The maximum Gasteiger partial charge on any atom is 0.410 e. The quantitative estimate of drug-likeness (QED) is 0.799. The molecule has 1 aromatic carbocycles. The molecule has 0 bridgehead atoms. The fourth-order valence-corrected chi connectivity index (χ4v) is 4.69. The lowest BCUT2D eigenvalue weighted by Crippen LogP contribution is -2.44. The molecule has 0 N–H and O–H groups in total. The highest BCUT2D eigenvalue weighted by atomic mass is 32.2. The molecule has 8 heteroatoms. The van der Waals surface area contributed by atoms with Crippen molar-refractivity contribution in [2.75, 3.05) is 18.8 Å². The molecule has 1 atom stereocenters. The van der Waals surface area contributed by atoms with Gasteiger partial charge in [0.1, 0.15) is 5.60 Å². The second-order valence-corrected chi connectivity index (χ2v) is 9.89. The van der Waals surface area contributed by atoms with Gasteiger partial charge in [0.15, 0.2) is 14.9 Å². The summed E-state index contributed by atoms with van der Waals surface area (Å²) >= 11 is 0. The average Bonchev–Trinajstić information content (AvgIpc) is 2.59. The number of benzene rings is 1. The molecule has 1 fully saturated rings. The van der Waals surface area contributed by atoms with Crippen LogP contribution in [0.25, 0.3) is 11.0 Å².